The van der Waals surface area contributed by atoms with E-state index in [0.29, 0.717) is 47.8 Å². The van der Waals surface area contributed by atoms with Crippen LogP contribution in [0.2, 0.25) is 5.02 Å². The SMILES string of the molecule is Cc1cc(Cl)cc2c1OC1(CCN(C(=O)/C=C/c3ccc([N+](=O)[O-])cc3)CC1)CC2=O. The van der Waals surface area contributed by atoms with Gasteiger partial charge in [0.15, 0.2) is 5.78 Å². The minimum Gasteiger partial charge on any atom is -0.486 e. The topological polar surface area (TPSA) is 89.8 Å². The summed E-state index contributed by atoms with van der Waals surface area (Å²) in [6.07, 6.45) is 4.52. The molecule has 0 atom stereocenters. The van der Waals surface area contributed by atoms with Gasteiger partial charge in [-0.05, 0) is 48.4 Å². The normalized spacial score (nSPS) is 17.5. The maximum atomic E-state index is 12.7. The molecule has 0 aromatic heterocycles. The van der Waals surface area contributed by atoms with Crippen molar-refractivity contribution in [2.45, 2.75) is 31.8 Å². The zero-order chi connectivity index (χ0) is 22.2. The van der Waals surface area contributed by atoms with Crippen LogP contribution >= 0.6 is 11.6 Å². The first-order chi connectivity index (χ1) is 14.8. The van der Waals surface area contributed by atoms with Gasteiger partial charge in [-0.2, -0.15) is 0 Å². The second-order valence-corrected chi connectivity index (χ2v) is 8.43. The molecule has 1 saturated heterocycles. The van der Waals surface area contributed by atoms with E-state index in [2.05, 4.69) is 0 Å². The number of piperidine rings is 1. The largest absolute Gasteiger partial charge is 0.486 e. The Morgan fingerprint density at radius 2 is 1.90 bits per heavy atom. The highest BCUT2D eigenvalue weighted by Gasteiger charge is 2.44. The van der Waals surface area contributed by atoms with Crippen molar-refractivity contribution in [2.24, 2.45) is 0 Å². The van der Waals surface area contributed by atoms with Gasteiger partial charge in [-0.3, -0.25) is 19.7 Å². The molecule has 4 rings (SSSR count). The number of ketones is 1. The van der Waals surface area contributed by atoms with Gasteiger partial charge in [0.1, 0.15) is 11.4 Å². The van der Waals surface area contributed by atoms with Crippen molar-refractivity contribution in [3.8, 4) is 5.75 Å². The Hall–Kier alpha value is -3.19. The molecule has 0 unspecified atom stereocenters. The lowest BCUT2D eigenvalue weighted by Crippen LogP contribution is -2.52. The Morgan fingerprint density at radius 3 is 2.55 bits per heavy atom. The maximum Gasteiger partial charge on any atom is 0.269 e. The number of aryl methyl sites for hydroxylation is 1. The average molecular weight is 441 g/mol. The van der Waals surface area contributed by atoms with Crippen molar-refractivity contribution in [1.29, 1.82) is 0 Å². The van der Waals surface area contributed by atoms with Crippen molar-refractivity contribution in [1.82, 2.24) is 4.90 Å². The third kappa shape index (κ3) is 4.32. The van der Waals surface area contributed by atoms with Gasteiger partial charge in [0.05, 0.1) is 16.9 Å². The Labute approximate surface area is 184 Å². The first kappa shape index (κ1) is 21.1. The Kier molecular flexibility index (Phi) is 5.54. The highest BCUT2D eigenvalue weighted by molar-refractivity contribution is 6.31. The maximum absolute atomic E-state index is 12.7. The first-order valence-corrected chi connectivity index (χ1v) is 10.4. The van der Waals surface area contributed by atoms with Gasteiger partial charge in [0, 0.05) is 49.2 Å². The molecular formula is C23H21ClN2O5. The van der Waals surface area contributed by atoms with Gasteiger partial charge < -0.3 is 9.64 Å². The van der Waals surface area contributed by atoms with E-state index in [1.54, 1.807) is 35.2 Å². The second-order valence-electron chi connectivity index (χ2n) is 7.99. The van der Waals surface area contributed by atoms with E-state index in [1.165, 1.54) is 18.2 Å². The molecule has 7 nitrogen and oxygen atoms in total. The van der Waals surface area contributed by atoms with Crippen molar-refractivity contribution in [3.63, 3.8) is 0 Å². The van der Waals surface area contributed by atoms with E-state index in [4.69, 9.17) is 16.3 Å². The lowest BCUT2D eigenvalue weighted by atomic mass is 9.82. The molecule has 0 N–H and O–H groups in total. The van der Waals surface area contributed by atoms with Gasteiger partial charge in [0.25, 0.3) is 5.69 Å². The molecular weight excluding hydrogens is 420 g/mol. The first-order valence-electron chi connectivity index (χ1n) is 10.0. The lowest BCUT2D eigenvalue weighted by Gasteiger charge is -2.44. The molecule has 2 aliphatic rings. The number of amides is 1. The highest BCUT2D eigenvalue weighted by atomic mass is 35.5. The number of nitro groups is 1. The van der Waals surface area contributed by atoms with Crippen LogP contribution in [0.1, 0.15) is 40.7 Å². The van der Waals surface area contributed by atoms with Crippen molar-refractivity contribution >= 4 is 35.1 Å². The van der Waals surface area contributed by atoms with Crippen LogP contribution in [0.5, 0.6) is 5.75 Å². The molecule has 0 aliphatic carbocycles. The van der Waals surface area contributed by atoms with Crippen LogP contribution in [0.15, 0.2) is 42.5 Å². The summed E-state index contributed by atoms with van der Waals surface area (Å²) in [6.45, 7) is 2.84. The quantitative estimate of drug-likeness (QED) is 0.395. The fourth-order valence-electron chi connectivity index (χ4n) is 4.11. The molecule has 2 aliphatic heterocycles. The van der Waals surface area contributed by atoms with Crippen molar-refractivity contribution in [2.75, 3.05) is 13.1 Å². The number of likely N-dealkylation sites (tertiary alicyclic amines) is 1. The van der Waals surface area contributed by atoms with Crippen LogP contribution in [-0.2, 0) is 4.79 Å². The number of non-ortho nitro benzene ring substituents is 1. The third-order valence-corrected chi connectivity index (χ3v) is 6.07. The average Bonchev–Trinajstić information content (AvgIpc) is 2.74. The van der Waals surface area contributed by atoms with Gasteiger partial charge in [0.2, 0.25) is 5.91 Å². The number of benzene rings is 2. The predicted molar refractivity (Wildman–Crippen MR) is 116 cm³/mol. The molecule has 0 bridgehead atoms. The second kappa shape index (κ2) is 8.15. The van der Waals surface area contributed by atoms with Crippen LogP contribution in [0.3, 0.4) is 0 Å². The molecule has 2 aromatic carbocycles. The lowest BCUT2D eigenvalue weighted by molar-refractivity contribution is -0.384. The van der Waals surface area contributed by atoms with Crippen molar-refractivity contribution < 1.29 is 19.2 Å². The van der Waals surface area contributed by atoms with E-state index in [-0.39, 0.29) is 23.8 Å². The molecule has 1 spiro atoms. The molecule has 160 valence electrons. The fourth-order valence-corrected chi connectivity index (χ4v) is 4.38. The monoisotopic (exact) mass is 440 g/mol. The summed E-state index contributed by atoms with van der Waals surface area (Å²) in [4.78, 5) is 37.3. The van der Waals surface area contributed by atoms with Crippen LogP contribution < -0.4 is 4.74 Å². The van der Waals surface area contributed by atoms with Gasteiger partial charge in [-0.15, -0.1) is 0 Å². The number of hydrogen-bond acceptors (Lipinski definition) is 5. The number of fused-ring (bicyclic) bond motifs is 1. The number of ether oxygens (including phenoxy) is 1. The predicted octanol–water partition coefficient (Wildman–Crippen LogP) is 4.60. The van der Waals surface area contributed by atoms with Gasteiger partial charge >= 0.3 is 0 Å². The Bertz CT molecular complexity index is 1090. The van der Waals surface area contributed by atoms with E-state index in [9.17, 15) is 19.7 Å². The highest BCUT2D eigenvalue weighted by Crippen LogP contribution is 2.42. The summed E-state index contributed by atoms with van der Waals surface area (Å²) in [7, 11) is 0. The molecule has 2 heterocycles. The summed E-state index contributed by atoms with van der Waals surface area (Å²) in [5, 5.41) is 11.2. The summed E-state index contributed by atoms with van der Waals surface area (Å²) in [5.41, 5.74) is 1.48. The number of rotatable bonds is 3. The number of carbonyl (C=O) groups excluding carboxylic acids is 2. The molecule has 0 radical (unpaired) electrons. The van der Waals surface area contributed by atoms with Crippen LogP contribution in [0, 0.1) is 17.0 Å². The number of hydrogen-bond donors (Lipinski definition) is 0. The van der Waals surface area contributed by atoms with Gasteiger partial charge in [-0.25, -0.2) is 0 Å². The molecule has 0 saturated carbocycles. The number of nitro benzene ring substituents is 1. The molecule has 8 heteroatoms. The van der Waals surface area contributed by atoms with Crippen LogP contribution in [0.4, 0.5) is 5.69 Å². The number of carbonyl (C=O) groups is 2. The molecule has 1 fully saturated rings. The van der Waals surface area contributed by atoms with Crippen molar-refractivity contribution in [3.05, 3.63) is 74.3 Å². The minimum atomic E-state index is -0.596. The summed E-state index contributed by atoms with van der Waals surface area (Å²) in [5.74, 6) is 0.474. The number of Topliss-reactive ketones (excluding diaryl/α,β-unsaturated/α-hetero) is 1. The molecule has 31 heavy (non-hydrogen) atoms. The van der Waals surface area contributed by atoms with E-state index < -0.39 is 10.5 Å². The van der Waals surface area contributed by atoms with Crippen LogP contribution in [0.25, 0.3) is 6.08 Å². The number of nitrogens with zero attached hydrogens (tertiary/aromatic N) is 2. The summed E-state index contributed by atoms with van der Waals surface area (Å²) in [6, 6.07) is 9.44. The smallest absolute Gasteiger partial charge is 0.269 e. The zero-order valence-corrected chi connectivity index (χ0v) is 17.7. The third-order valence-electron chi connectivity index (χ3n) is 5.85. The molecule has 1 amide bonds. The van der Waals surface area contributed by atoms with E-state index in [1.807, 2.05) is 6.92 Å². The Balaban J connectivity index is 1.40. The number of halogens is 1. The van der Waals surface area contributed by atoms with E-state index >= 15 is 0 Å². The summed E-state index contributed by atoms with van der Waals surface area (Å²) < 4.78 is 6.31. The van der Waals surface area contributed by atoms with Gasteiger partial charge in [-0.1, -0.05) is 11.6 Å². The summed E-state index contributed by atoms with van der Waals surface area (Å²) >= 11 is 6.09. The minimum absolute atomic E-state index is 0.00548. The Morgan fingerprint density at radius 1 is 1.23 bits per heavy atom. The zero-order valence-electron chi connectivity index (χ0n) is 17.0. The van der Waals surface area contributed by atoms with Crippen LogP contribution in [-0.4, -0.2) is 40.2 Å². The molecule has 2 aromatic rings. The standard InChI is InChI=1S/C23H21ClN2O5/c1-15-12-17(24)13-19-20(27)14-23(31-22(15)19)8-10-25(11-9-23)21(28)7-4-16-2-5-18(6-3-16)26(29)30/h2-7,12-13H,8-11,14H2,1H3/b7-4+. The van der Waals surface area contributed by atoms with E-state index in [0.717, 1.165) is 5.56 Å². The fraction of sp³-hybridized carbons (Fsp3) is 0.304.